The van der Waals surface area contributed by atoms with Gasteiger partial charge in [-0.2, -0.15) is 0 Å². The number of phenolic OH excluding ortho intramolecular Hbond substituents is 2. The van der Waals surface area contributed by atoms with Crippen LogP contribution in [0.4, 0.5) is 0 Å². The molecule has 0 aliphatic heterocycles. The molecule has 0 fully saturated rings. The van der Waals surface area contributed by atoms with Gasteiger partial charge < -0.3 is 19.7 Å². The summed E-state index contributed by atoms with van der Waals surface area (Å²) in [6.07, 6.45) is 2.54. The van der Waals surface area contributed by atoms with E-state index in [-0.39, 0.29) is 11.5 Å². The van der Waals surface area contributed by atoms with Crippen molar-refractivity contribution in [3.63, 3.8) is 0 Å². The fourth-order valence-electron chi connectivity index (χ4n) is 5.76. The number of carbonyl (C=O) groups is 1. The molecule has 0 aromatic heterocycles. The number of rotatable bonds is 5. The number of esters is 1. The Morgan fingerprint density at radius 2 is 0.953 bits per heavy atom. The van der Waals surface area contributed by atoms with Gasteiger partial charge in [0.05, 0.1) is 12.2 Å². The van der Waals surface area contributed by atoms with Gasteiger partial charge in [-0.15, -0.1) is 0 Å². The number of carbonyl (C=O) groups excluding carboxylic acids is 1. The van der Waals surface area contributed by atoms with Crippen molar-refractivity contribution in [3.05, 3.63) is 153 Å². The molecule has 0 saturated carbocycles. The minimum atomic E-state index is -0.460. The second-order valence-electron chi connectivity index (χ2n) is 11.0. The average molecular weight is 571 g/mol. The summed E-state index contributed by atoms with van der Waals surface area (Å²) in [6, 6.07) is 32.3. The Hall–Kier alpha value is -5.03. The molecule has 43 heavy (non-hydrogen) atoms. The van der Waals surface area contributed by atoms with Crippen LogP contribution in [0.2, 0.25) is 0 Å². The molecule has 5 heteroatoms. The summed E-state index contributed by atoms with van der Waals surface area (Å²) >= 11 is 0. The van der Waals surface area contributed by atoms with Crippen LogP contribution in [-0.4, -0.2) is 22.8 Å². The largest absolute Gasteiger partial charge is 0.507 e. The summed E-state index contributed by atoms with van der Waals surface area (Å²) in [6.45, 7) is 2.65. The quantitative estimate of drug-likeness (QED) is 0.164. The van der Waals surface area contributed by atoms with E-state index in [1.165, 1.54) is 0 Å². The topological polar surface area (TPSA) is 76.0 Å². The number of aromatic hydroxyl groups is 2. The molecule has 1 aliphatic carbocycles. The highest BCUT2D eigenvalue weighted by Gasteiger charge is 2.21. The third-order valence-corrected chi connectivity index (χ3v) is 7.94. The standard InChI is InChI=1S/C38H34O5/c1-2-20-42-36-30-16-8-17-31(36)22-27-13-7-15-29(35(27)40)24-33-19-9-18-32(23-28-14-6-12-26(21-30)34(28)39)37(33)43-38(41)25-10-4-3-5-11-25/h3-19,39-40H,2,20-24H2,1H3. The lowest BCUT2D eigenvalue weighted by Crippen LogP contribution is -2.12. The Kier molecular flexibility index (Phi) is 8.14. The minimum absolute atomic E-state index is 0.218. The molecule has 2 N–H and O–H groups in total. The minimum Gasteiger partial charge on any atom is -0.507 e. The normalized spacial score (nSPS) is 12.4. The van der Waals surface area contributed by atoms with Gasteiger partial charge in [0, 0.05) is 25.7 Å². The van der Waals surface area contributed by atoms with E-state index in [0.717, 1.165) is 56.7 Å². The summed E-state index contributed by atoms with van der Waals surface area (Å²) in [7, 11) is 0. The molecule has 5 nitrogen and oxygen atoms in total. The summed E-state index contributed by atoms with van der Waals surface area (Å²) in [4.78, 5) is 13.3. The van der Waals surface area contributed by atoms with Crippen molar-refractivity contribution in [3.8, 4) is 23.0 Å². The van der Waals surface area contributed by atoms with Crippen molar-refractivity contribution in [1.82, 2.24) is 0 Å². The number of phenols is 2. The lowest BCUT2D eigenvalue weighted by atomic mass is 9.91. The van der Waals surface area contributed by atoms with Crippen LogP contribution in [0.15, 0.2) is 103 Å². The van der Waals surface area contributed by atoms with Crippen LogP contribution in [0.1, 0.15) is 68.2 Å². The van der Waals surface area contributed by atoms with E-state index in [2.05, 4.69) is 6.92 Å². The summed E-state index contributed by atoms with van der Waals surface area (Å²) in [5.74, 6) is 1.22. The van der Waals surface area contributed by atoms with Crippen molar-refractivity contribution < 1.29 is 24.5 Å². The molecule has 0 heterocycles. The maximum atomic E-state index is 13.3. The molecule has 8 bridgehead atoms. The molecule has 1 aliphatic rings. The fraction of sp³-hybridized carbons (Fsp3) is 0.184. The van der Waals surface area contributed by atoms with Crippen LogP contribution in [0.3, 0.4) is 0 Å². The molecule has 5 aromatic carbocycles. The molecule has 5 aromatic rings. The van der Waals surface area contributed by atoms with Crippen LogP contribution >= 0.6 is 0 Å². The van der Waals surface area contributed by atoms with Gasteiger partial charge in [-0.05, 0) is 63.1 Å². The molecule has 0 unspecified atom stereocenters. The molecular formula is C38H34O5. The molecule has 216 valence electrons. The van der Waals surface area contributed by atoms with Crippen molar-refractivity contribution in [2.45, 2.75) is 39.0 Å². The van der Waals surface area contributed by atoms with Gasteiger partial charge in [-0.3, -0.25) is 0 Å². The van der Waals surface area contributed by atoms with Crippen molar-refractivity contribution >= 4 is 5.97 Å². The molecule has 0 atom stereocenters. The summed E-state index contributed by atoms with van der Waals surface area (Å²) in [5.41, 5.74) is 6.96. The first-order valence-corrected chi connectivity index (χ1v) is 14.7. The zero-order chi connectivity index (χ0) is 29.8. The highest BCUT2D eigenvalue weighted by molar-refractivity contribution is 5.91. The van der Waals surface area contributed by atoms with Crippen molar-refractivity contribution in [2.75, 3.05) is 6.61 Å². The Bertz CT molecular complexity index is 1680. The molecule has 6 rings (SSSR count). The predicted molar refractivity (Wildman–Crippen MR) is 168 cm³/mol. The highest BCUT2D eigenvalue weighted by atomic mass is 16.5. The van der Waals surface area contributed by atoms with E-state index < -0.39 is 5.97 Å². The molecular weight excluding hydrogens is 536 g/mol. The number of hydrogen-bond acceptors (Lipinski definition) is 5. The van der Waals surface area contributed by atoms with E-state index in [1.807, 2.05) is 78.9 Å². The van der Waals surface area contributed by atoms with Crippen LogP contribution in [0, 0.1) is 0 Å². The third kappa shape index (κ3) is 5.98. The summed E-state index contributed by atoms with van der Waals surface area (Å²) < 4.78 is 12.4. The zero-order valence-corrected chi connectivity index (χ0v) is 24.2. The number of hydrogen-bond donors (Lipinski definition) is 2. The van der Waals surface area contributed by atoms with Gasteiger partial charge in [-0.25, -0.2) is 4.79 Å². The average Bonchev–Trinajstić information content (AvgIpc) is 3.02. The monoisotopic (exact) mass is 570 g/mol. The van der Waals surface area contributed by atoms with E-state index in [1.54, 1.807) is 24.3 Å². The van der Waals surface area contributed by atoms with E-state index >= 15 is 0 Å². The lowest BCUT2D eigenvalue weighted by Gasteiger charge is -2.20. The van der Waals surface area contributed by atoms with Gasteiger partial charge in [0.15, 0.2) is 0 Å². The van der Waals surface area contributed by atoms with Crippen molar-refractivity contribution in [2.24, 2.45) is 0 Å². The fourth-order valence-corrected chi connectivity index (χ4v) is 5.76. The van der Waals surface area contributed by atoms with Crippen LogP contribution in [0.25, 0.3) is 0 Å². The SMILES string of the molecule is CCCOc1c2cccc1Cc1cccc(c1O)Cc1cccc(c1OC(=O)c1ccccc1)Cc1cccc(c1O)C2. The third-order valence-electron chi connectivity index (χ3n) is 7.94. The van der Waals surface area contributed by atoms with Gasteiger partial charge in [0.25, 0.3) is 0 Å². The Labute approximate surface area is 252 Å². The number of ether oxygens (including phenoxy) is 2. The first-order chi connectivity index (χ1) is 21.0. The molecule has 0 spiro atoms. The van der Waals surface area contributed by atoms with Crippen LogP contribution < -0.4 is 9.47 Å². The zero-order valence-electron chi connectivity index (χ0n) is 24.2. The maximum absolute atomic E-state index is 13.3. The Morgan fingerprint density at radius 3 is 1.37 bits per heavy atom. The second kappa shape index (κ2) is 12.5. The van der Waals surface area contributed by atoms with Gasteiger partial charge in [-0.1, -0.05) is 97.9 Å². The first-order valence-electron chi connectivity index (χ1n) is 14.7. The predicted octanol–water partition coefficient (Wildman–Crippen LogP) is 7.78. The van der Waals surface area contributed by atoms with E-state index in [4.69, 9.17) is 9.47 Å². The lowest BCUT2D eigenvalue weighted by molar-refractivity contribution is 0.0731. The number of fused-ring (bicyclic) bond motifs is 8. The first kappa shape index (κ1) is 28.1. The van der Waals surface area contributed by atoms with Gasteiger partial charge in [0.1, 0.15) is 23.0 Å². The van der Waals surface area contributed by atoms with E-state index in [9.17, 15) is 15.0 Å². The van der Waals surface area contributed by atoms with E-state index in [0.29, 0.717) is 43.6 Å². The number of benzene rings is 5. The highest BCUT2D eigenvalue weighted by Crippen LogP contribution is 2.38. The molecule has 0 radical (unpaired) electrons. The molecule has 0 amide bonds. The Morgan fingerprint density at radius 1 is 0.558 bits per heavy atom. The van der Waals surface area contributed by atoms with Crippen LogP contribution in [-0.2, 0) is 25.7 Å². The summed E-state index contributed by atoms with van der Waals surface area (Å²) in [5, 5.41) is 23.0. The molecule has 0 saturated heterocycles. The van der Waals surface area contributed by atoms with Gasteiger partial charge in [0.2, 0.25) is 0 Å². The van der Waals surface area contributed by atoms with Crippen molar-refractivity contribution in [1.29, 1.82) is 0 Å². The smallest absolute Gasteiger partial charge is 0.343 e. The van der Waals surface area contributed by atoms with Gasteiger partial charge >= 0.3 is 5.97 Å². The Balaban J connectivity index is 1.51. The van der Waals surface area contributed by atoms with Crippen LogP contribution in [0.5, 0.6) is 23.0 Å². The second-order valence-corrected chi connectivity index (χ2v) is 11.0. The maximum Gasteiger partial charge on any atom is 0.343 e. The number of para-hydroxylation sites is 4.